The summed E-state index contributed by atoms with van der Waals surface area (Å²) in [6.45, 7) is 5.02. The Morgan fingerprint density at radius 1 is 1.22 bits per heavy atom. The van der Waals surface area contributed by atoms with Crippen LogP contribution in [0.3, 0.4) is 0 Å². The highest BCUT2D eigenvalue weighted by Crippen LogP contribution is 2.35. The minimum Gasteiger partial charge on any atom is -0.317 e. The minimum atomic E-state index is -4.40. The van der Waals surface area contributed by atoms with Gasteiger partial charge in [-0.2, -0.15) is 13.2 Å². The average molecular weight is 395 g/mol. The van der Waals surface area contributed by atoms with E-state index in [2.05, 4.69) is 15.0 Å². The number of nitrogens with zero attached hydrogens (tertiary/aromatic N) is 4. The molecule has 3 aromatic rings. The van der Waals surface area contributed by atoms with Crippen molar-refractivity contribution >= 4 is 22.6 Å². The molecule has 0 spiro atoms. The molecule has 1 atom stereocenters. The van der Waals surface area contributed by atoms with E-state index in [0.29, 0.717) is 32.9 Å². The molecule has 0 unspecified atom stereocenters. The van der Waals surface area contributed by atoms with Crippen LogP contribution in [0.2, 0.25) is 5.02 Å². The van der Waals surface area contributed by atoms with Gasteiger partial charge in [0.25, 0.3) is 0 Å². The Hall–Kier alpha value is -2.41. The number of aromatic nitrogens is 3. The van der Waals surface area contributed by atoms with Crippen LogP contribution in [0.5, 0.6) is 0 Å². The van der Waals surface area contributed by atoms with Crippen molar-refractivity contribution in [2.24, 2.45) is 12.0 Å². The Bertz CT molecular complexity index is 1090. The van der Waals surface area contributed by atoms with Gasteiger partial charge >= 0.3 is 6.18 Å². The molecular weight excluding hydrogens is 377 g/mol. The van der Waals surface area contributed by atoms with E-state index in [-0.39, 0.29) is 5.56 Å². The van der Waals surface area contributed by atoms with E-state index in [0.717, 1.165) is 6.07 Å². The van der Waals surface area contributed by atoms with Crippen molar-refractivity contribution in [3.63, 3.8) is 0 Å². The Labute approximate surface area is 159 Å². The van der Waals surface area contributed by atoms with Crippen molar-refractivity contribution in [3.8, 4) is 0 Å². The quantitative estimate of drug-likeness (QED) is 0.619. The lowest BCUT2D eigenvalue weighted by Gasteiger charge is -2.16. The van der Waals surface area contributed by atoms with Crippen LogP contribution in [-0.4, -0.2) is 14.5 Å². The smallest absolute Gasteiger partial charge is 0.317 e. The summed E-state index contributed by atoms with van der Waals surface area (Å²) in [5, 5.41) is 1.08. The van der Waals surface area contributed by atoms with Crippen molar-refractivity contribution in [1.82, 2.24) is 14.5 Å². The first-order chi connectivity index (χ1) is 12.6. The number of alkyl halides is 3. The summed E-state index contributed by atoms with van der Waals surface area (Å²) >= 11 is 6.07. The highest BCUT2D eigenvalue weighted by Gasteiger charge is 2.33. The topological polar surface area (TPSA) is 43.1 Å². The zero-order valence-corrected chi connectivity index (χ0v) is 16.0. The fraction of sp³-hybridized carbons (Fsp3) is 0.316. The summed E-state index contributed by atoms with van der Waals surface area (Å²) in [4.78, 5) is 13.4. The molecule has 0 radical (unpaired) electrons. The SMILES string of the molecule is Cc1c([C@@H](C)N=c2nc(C)n(C)c3ncc(Cl)cc23)cccc1C(F)(F)F. The maximum Gasteiger partial charge on any atom is 0.416 e. The molecule has 0 aliphatic rings. The average Bonchev–Trinajstić information content (AvgIpc) is 2.58. The lowest BCUT2D eigenvalue weighted by molar-refractivity contribution is -0.138. The van der Waals surface area contributed by atoms with E-state index in [9.17, 15) is 13.2 Å². The molecule has 0 aliphatic carbocycles. The molecule has 142 valence electrons. The van der Waals surface area contributed by atoms with Gasteiger partial charge in [-0.25, -0.2) is 9.97 Å². The van der Waals surface area contributed by atoms with Crippen molar-refractivity contribution in [1.29, 1.82) is 0 Å². The largest absolute Gasteiger partial charge is 0.416 e. The molecule has 1 aromatic carbocycles. The van der Waals surface area contributed by atoms with Gasteiger partial charge in [0.2, 0.25) is 0 Å². The van der Waals surface area contributed by atoms with Gasteiger partial charge < -0.3 is 4.57 Å². The van der Waals surface area contributed by atoms with E-state index in [1.54, 1.807) is 19.1 Å². The molecule has 0 amide bonds. The molecule has 0 bridgehead atoms. The summed E-state index contributed by atoms with van der Waals surface area (Å²) in [5.74, 6) is 0.684. The van der Waals surface area contributed by atoms with E-state index in [1.807, 2.05) is 18.5 Å². The van der Waals surface area contributed by atoms with Crippen molar-refractivity contribution in [3.05, 3.63) is 63.5 Å². The molecule has 0 N–H and O–H groups in total. The van der Waals surface area contributed by atoms with Gasteiger partial charge in [0.15, 0.2) is 5.49 Å². The number of halogens is 4. The fourth-order valence-corrected chi connectivity index (χ4v) is 3.23. The molecule has 4 nitrogen and oxygen atoms in total. The van der Waals surface area contributed by atoms with Gasteiger partial charge in [-0.05, 0) is 44.0 Å². The summed E-state index contributed by atoms with van der Waals surface area (Å²) in [6, 6.07) is 5.32. The van der Waals surface area contributed by atoms with Crippen LogP contribution < -0.4 is 5.49 Å². The third-order valence-electron chi connectivity index (χ3n) is 4.59. The third kappa shape index (κ3) is 3.69. The van der Waals surface area contributed by atoms with E-state index in [4.69, 9.17) is 11.6 Å². The number of rotatable bonds is 2. The maximum absolute atomic E-state index is 13.2. The van der Waals surface area contributed by atoms with E-state index >= 15 is 0 Å². The van der Waals surface area contributed by atoms with E-state index < -0.39 is 17.8 Å². The summed E-state index contributed by atoms with van der Waals surface area (Å²) < 4.78 is 41.4. The number of pyridine rings is 1. The van der Waals surface area contributed by atoms with Crippen LogP contribution in [0.15, 0.2) is 35.5 Å². The molecule has 8 heteroatoms. The number of aryl methyl sites for hydroxylation is 2. The summed E-state index contributed by atoms with van der Waals surface area (Å²) in [6.07, 6.45) is -2.87. The van der Waals surface area contributed by atoms with Crippen LogP contribution in [0.25, 0.3) is 11.0 Å². The van der Waals surface area contributed by atoms with Crippen LogP contribution in [-0.2, 0) is 13.2 Å². The van der Waals surface area contributed by atoms with Crippen LogP contribution in [0.4, 0.5) is 13.2 Å². The lowest BCUT2D eigenvalue weighted by Crippen LogP contribution is -2.18. The predicted molar refractivity (Wildman–Crippen MR) is 98.4 cm³/mol. The zero-order chi connectivity index (χ0) is 19.9. The van der Waals surface area contributed by atoms with Crippen LogP contribution in [0.1, 0.15) is 35.5 Å². The van der Waals surface area contributed by atoms with Crippen LogP contribution in [0, 0.1) is 13.8 Å². The van der Waals surface area contributed by atoms with Gasteiger partial charge in [-0.1, -0.05) is 23.7 Å². The molecule has 27 heavy (non-hydrogen) atoms. The number of benzene rings is 1. The molecular formula is C19H18ClF3N4. The first-order valence-electron chi connectivity index (χ1n) is 8.29. The Morgan fingerprint density at radius 2 is 1.93 bits per heavy atom. The van der Waals surface area contributed by atoms with Crippen molar-refractivity contribution < 1.29 is 13.2 Å². The highest BCUT2D eigenvalue weighted by atomic mass is 35.5. The fourth-order valence-electron chi connectivity index (χ4n) is 3.07. The maximum atomic E-state index is 13.2. The number of hydrogen-bond donors (Lipinski definition) is 0. The molecule has 0 aliphatic heterocycles. The third-order valence-corrected chi connectivity index (χ3v) is 4.80. The summed E-state index contributed by atoms with van der Waals surface area (Å²) in [7, 11) is 1.83. The Balaban J connectivity index is 2.21. The molecule has 3 rings (SSSR count). The van der Waals surface area contributed by atoms with Gasteiger partial charge in [0.05, 0.1) is 22.0 Å². The first kappa shape index (κ1) is 19.4. The standard InChI is InChI=1S/C19H18ClF3N4/c1-10-14(6-5-7-16(10)19(21,22)23)11(2)25-17-15-8-13(20)9-24-18(15)27(4)12(3)26-17/h5-9,11H,1-4H3/t11-/m1/s1. The van der Waals surface area contributed by atoms with Gasteiger partial charge in [-0.15, -0.1) is 0 Å². The molecule has 0 fully saturated rings. The second kappa shape index (κ2) is 6.96. The second-order valence-corrected chi connectivity index (χ2v) is 6.83. The number of fused-ring (bicyclic) bond motifs is 1. The normalized spacial score (nSPS) is 14.0. The second-order valence-electron chi connectivity index (χ2n) is 6.39. The first-order valence-corrected chi connectivity index (χ1v) is 8.67. The Kier molecular flexibility index (Phi) is 4.99. The Morgan fingerprint density at radius 3 is 2.59 bits per heavy atom. The lowest BCUT2D eigenvalue weighted by atomic mass is 9.97. The van der Waals surface area contributed by atoms with Crippen LogP contribution >= 0.6 is 11.6 Å². The minimum absolute atomic E-state index is 0.167. The summed E-state index contributed by atoms with van der Waals surface area (Å²) in [5.41, 5.74) is 1.07. The van der Waals surface area contributed by atoms with Gasteiger partial charge in [0, 0.05) is 13.2 Å². The highest BCUT2D eigenvalue weighted by molar-refractivity contribution is 6.31. The van der Waals surface area contributed by atoms with Gasteiger partial charge in [-0.3, -0.25) is 4.99 Å². The van der Waals surface area contributed by atoms with Crippen molar-refractivity contribution in [2.75, 3.05) is 0 Å². The zero-order valence-electron chi connectivity index (χ0n) is 15.3. The monoisotopic (exact) mass is 394 g/mol. The molecule has 0 saturated heterocycles. The van der Waals surface area contributed by atoms with Crippen molar-refractivity contribution in [2.45, 2.75) is 33.0 Å². The van der Waals surface area contributed by atoms with Gasteiger partial charge in [0.1, 0.15) is 11.5 Å². The predicted octanol–water partition coefficient (Wildman–Crippen LogP) is 4.92. The molecule has 2 heterocycles. The molecule has 0 saturated carbocycles. The van der Waals surface area contributed by atoms with E-state index in [1.165, 1.54) is 19.2 Å². The number of hydrogen-bond acceptors (Lipinski definition) is 3. The molecule has 2 aromatic heterocycles.